The molecule has 6 nitrogen and oxygen atoms in total. The standard InChI is InChI=1S/C19H15ClN2O4/c1-24-18-10-13(12-21-22-15-5-2-4-14(20)11-15)7-8-16(18)26-19(23)17-6-3-9-25-17/h2-12,22H,1H3. The predicted molar refractivity (Wildman–Crippen MR) is 99.3 cm³/mol. The number of nitrogens with one attached hydrogen (secondary N) is 1. The highest BCUT2D eigenvalue weighted by atomic mass is 35.5. The van der Waals surface area contributed by atoms with Crippen LogP contribution in [0, 0.1) is 0 Å². The van der Waals surface area contributed by atoms with E-state index in [2.05, 4.69) is 10.5 Å². The average molecular weight is 371 g/mol. The van der Waals surface area contributed by atoms with Crippen LogP contribution in [-0.2, 0) is 0 Å². The lowest BCUT2D eigenvalue weighted by Gasteiger charge is -2.09. The maximum atomic E-state index is 12.0. The summed E-state index contributed by atoms with van der Waals surface area (Å²) in [6.07, 6.45) is 3.02. The van der Waals surface area contributed by atoms with Crippen LogP contribution in [0.4, 0.5) is 5.69 Å². The zero-order valence-corrected chi connectivity index (χ0v) is 14.6. The van der Waals surface area contributed by atoms with Gasteiger partial charge in [-0.3, -0.25) is 5.43 Å². The number of nitrogens with zero attached hydrogens (tertiary/aromatic N) is 1. The summed E-state index contributed by atoms with van der Waals surface area (Å²) in [6, 6.07) is 15.4. The molecule has 1 heterocycles. The van der Waals surface area contributed by atoms with Gasteiger partial charge in [0.05, 0.1) is 25.3 Å². The summed E-state index contributed by atoms with van der Waals surface area (Å²) in [4.78, 5) is 12.0. The summed E-state index contributed by atoms with van der Waals surface area (Å²) in [7, 11) is 1.49. The first-order chi connectivity index (χ1) is 12.7. The van der Waals surface area contributed by atoms with Crippen LogP contribution in [0.3, 0.4) is 0 Å². The number of methoxy groups -OCH3 is 1. The van der Waals surface area contributed by atoms with Gasteiger partial charge >= 0.3 is 5.97 Å². The van der Waals surface area contributed by atoms with Gasteiger partial charge in [-0.15, -0.1) is 0 Å². The molecule has 0 unspecified atom stereocenters. The Morgan fingerprint density at radius 3 is 2.77 bits per heavy atom. The van der Waals surface area contributed by atoms with E-state index in [0.29, 0.717) is 10.8 Å². The summed E-state index contributed by atoms with van der Waals surface area (Å²) in [5.74, 6) is 0.200. The van der Waals surface area contributed by atoms with Gasteiger partial charge in [0.15, 0.2) is 11.5 Å². The monoisotopic (exact) mass is 370 g/mol. The number of furan rings is 1. The molecule has 3 aromatic rings. The van der Waals surface area contributed by atoms with E-state index < -0.39 is 5.97 Å². The minimum Gasteiger partial charge on any atom is -0.493 e. The first-order valence-corrected chi connectivity index (χ1v) is 8.02. The Labute approximate surface area is 155 Å². The fourth-order valence-corrected chi connectivity index (χ4v) is 2.32. The third kappa shape index (κ3) is 4.43. The van der Waals surface area contributed by atoms with Crippen LogP contribution in [0.5, 0.6) is 11.5 Å². The number of hydrazone groups is 1. The molecule has 0 saturated heterocycles. The number of anilines is 1. The summed E-state index contributed by atoms with van der Waals surface area (Å²) < 4.78 is 15.6. The normalized spacial score (nSPS) is 10.7. The van der Waals surface area contributed by atoms with Crippen LogP contribution in [0.2, 0.25) is 5.02 Å². The number of benzene rings is 2. The molecule has 2 aromatic carbocycles. The van der Waals surface area contributed by atoms with Crippen molar-refractivity contribution in [1.82, 2.24) is 0 Å². The van der Waals surface area contributed by atoms with Gasteiger partial charge in [0.1, 0.15) is 0 Å². The fourth-order valence-electron chi connectivity index (χ4n) is 2.13. The number of hydrogen-bond acceptors (Lipinski definition) is 6. The molecule has 7 heteroatoms. The summed E-state index contributed by atoms with van der Waals surface area (Å²) in [5, 5.41) is 4.77. The molecule has 0 aliphatic carbocycles. The lowest BCUT2D eigenvalue weighted by atomic mass is 10.2. The quantitative estimate of drug-likeness (QED) is 0.297. The Morgan fingerprint density at radius 2 is 2.04 bits per heavy atom. The third-order valence-electron chi connectivity index (χ3n) is 3.34. The van der Waals surface area contributed by atoms with Crippen LogP contribution >= 0.6 is 11.6 Å². The van der Waals surface area contributed by atoms with Gasteiger partial charge in [-0.2, -0.15) is 5.10 Å². The van der Waals surface area contributed by atoms with E-state index in [1.807, 2.05) is 12.1 Å². The van der Waals surface area contributed by atoms with E-state index in [0.717, 1.165) is 11.3 Å². The van der Waals surface area contributed by atoms with Crippen molar-refractivity contribution in [3.63, 3.8) is 0 Å². The number of rotatable bonds is 6. The van der Waals surface area contributed by atoms with Gasteiger partial charge in [0.25, 0.3) is 0 Å². The van der Waals surface area contributed by atoms with Crippen LogP contribution in [0.1, 0.15) is 16.1 Å². The van der Waals surface area contributed by atoms with E-state index in [1.165, 1.54) is 19.4 Å². The van der Waals surface area contributed by atoms with Crippen molar-refractivity contribution in [3.05, 3.63) is 77.2 Å². The van der Waals surface area contributed by atoms with Gasteiger partial charge in [0.2, 0.25) is 5.76 Å². The number of esters is 1. The van der Waals surface area contributed by atoms with Crippen molar-refractivity contribution >= 4 is 29.5 Å². The first kappa shape index (κ1) is 17.6. The minimum atomic E-state index is -0.600. The zero-order valence-electron chi connectivity index (χ0n) is 13.8. The number of hydrogen-bond donors (Lipinski definition) is 1. The molecule has 0 aliphatic rings. The first-order valence-electron chi connectivity index (χ1n) is 7.64. The van der Waals surface area contributed by atoms with Crippen molar-refractivity contribution in [1.29, 1.82) is 0 Å². The second-order valence-corrected chi connectivity index (χ2v) is 5.59. The molecule has 3 rings (SSSR count). The molecule has 0 aliphatic heterocycles. The smallest absolute Gasteiger partial charge is 0.379 e. The Kier molecular flexibility index (Phi) is 5.56. The highest BCUT2D eigenvalue weighted by Crippen LogP contribution is 2.28. The largest absolute Gasteiger partial charge is 0.493 e. The van der Waals surface area contributed by atoms with E-state index in [1.54, 1.807) is 42.6 Å². The molecule has 1 aromatic heterocycles. The molecule has 0 radical (unpaired) electrons. The molecule has 0 bridgehead atoms. The SMILES string of the molecule is COc1cc(C=NNc2cccc(Cl)c2)ccc1OC(=O)c1ccco1. The molecule has 1 N–H and O–H groups in total. The Balaban J connectivity index is 1.70. The van der Waals surface area contributed by atoms with Gasteiger partial charge in [-0.1, -0.05) is 17.7 Å². The number of ether oxygens (including phenoxy) is 2. The Bertz CT molecular complexity index is 923. The maximum absolute atomic E-state index is 12.0. The van der Waals surface area contributed by atoms with Crippen molar-refractivity contribution in [2.45, 2.75) is 0 Å². The van der Waals surface area contributed by atoms with Crippen LogP contribution in [0.25, 0.3) is 0 Å². The van der Waals surface area contributed by atoms with Crippen LogP contribution in [0.15, 0.2) is 70.4 Å². The second kappa shape index (κ2) is 8.22. The maximum Gasteiger partial charge on any atom is 0.379 e. The number of halogens is 1. The summed E-state index contributed by atoms with van der Waals surface area (Å²) in [5.41, 5.74) is 4.41. The minimum absolute atomic E-state index is 0.114. The highest BCUT2D eigenvalue weighted by Gasteiger charge is 2.14. The molecule has 26 heavy (non-hydrogen) atoms. The van der Waals surface area contributed by atoms with Gasteiger partial charge < -0.3 is 13.9 Å². The fraction of sp³-hybridized carbons (Fsp3) is 0.0526. The predicted octanol–water partition coefficient (Wildman–Crippen LogP) is 4.61. The van der Waals surface area contributed by atoms with Crippen molar-refractivity contribution < 1.29 is 18.7 Å². The topological polar surface area (TPSA) is 73.1 Å². The van der Waals surface area contributed by atoms with E-state index in [-0.39, 0.29) is 11.5 Å². The Morgan fingerprint density at radius 1 is 1.15 bits per heavy atom. The lowest BCUT2D eigenvalue weighted by Crippen LogP contribution is -2.08. The van der Waals surface area contributed by atoms with Crippen LogP contribution < -0.4 is 14.9 Å². The molecule has 0 spiro atoms. The van der Waals surface area contributed by atoms with Gasteiger partial charge in [-0.25, -0.2) is 4.79 Å². The molecular weight excluding hydrogens is 356 g/mol. The zero-order chi connectivity index (χ0) is 18.4. The molecular formula is C19H15ClN2O4. The van der Waals surface area contributed by atoms with Gasteiger partial charge in [0, 0.05) is 5.02 Å². The lowest BCUT2D eigenvalue weighted by molar-refractivity contribution is 0.0696. The van der Waals surface area contributed by atoms with E-state index in [9.17, 15) is 4.79 Å². The van der Waals surface area contributed by atoms with E-state index in [4.69, 9.17) is 25.5 Å². The third-order valence-corrected chi connectivity index (χ3v) is 3.58. The Hall–Kier alpha value is -3.25. The molecule has 132 valence electrons. The summed E-state index contributed by atoms with van der Waals surface area (Å²) >= 11 is 5.92. The molecule has 0 fully saturated rings. The molecule has 0 saturated carbocycles. The highest BCUT2D eigenvalue weighted by molar-refractivity contribution is 6.30. The van der Waals surface area contributed by atoms with Crippen molar-refractivity contribution in [3.8, 4) is 11.5 Å². The van der Waals surface area contributed by atoms with Crippen LogP contribution in [-0.4, -0.2) is 19.3 Å². The number of carbonyl (C=O) groups excluding carboxylic acids is 1. The van der Waals surface area contributed by atoms with Crippen molar-refractivity contribution in [2.24, 2.45) is 5.10 Å². The number of carbonyl (C=O) groups is 1. The van der Waals surface area contributed by atoms with E-state index >= 15 is 0 Å². The van der Waals surface area contributed by atoms with Crippen molar-refractivity contribution in [2.75, 3.05) is 12.5 Å². The average Bonchev–Trinajstić information content (AvgIpc) is 3.18. The summed E-state index contributed by atoms with van der Waals surface area (Å²) in [6.45, 7) is 0. The molecule has 0 atom stereocenters. The second-order valence-electron chi connectivity index (χ2n) is 5.16. The molecule has 0 amide bonds. The van der Waals surface area contributed by atoms with Gasteiger partial charge in [-0.05, 0) is 54.1 Å².